The second kappa shape index (κ2) is 4.40. The maximum absolute atomic E-state index is 13.4. The first-order valence-corrected chi connectivity index (χ1v) is 5.23. The average Bonchev–Trinajstić information content (AvgIpc) is 2.69. The molecular formula is C11H14FN5. The molecular weight excluding hydrogens is 221 g/mol. The number of nitrogens with one attached hydrogen (secondary N) is 2. The molecule has 0 unspecified atom stereocenters. The number of nitrogens with two attached hydrogens (primary N) is 1. The highest BCUT2D eigenvalue weighted by molar-refractivity contribution is 5.35. The number of nitrogens with zero attached hydrogens (tertiary/aromatic N) is 2. The van der Waals surface area contributed by atoms with Crippen molar-refractivity contribution in [2.24, 2.45) is 0 Å². The van der Waals surface area contributed by atoms with Crippen molar-refractivity contribution in [2.45, 2.75) is 20.4 Å². The van der Waals surface area contributed by atoms with Gasteiger partial charge in [-0.2, -0.15) is 4.98 Å². The molecule has 2 rings (SSSR count). The number of rotatable bonds is 3. The van der Waals surface area contributed by atoms with Crippen molar-refractivity contribution in [3.63, 3.8) is 0 Å². The zero-order chi connectivity index (χ0) is 12.4. The number of aromatic nitrogens is 3. The lowest BCUT2D eigenvalue weighted by molar-refractivity contribution is 0.608. The van der Waals surface area contributed by atoms with Gasteiger partial charge in [0.15, 0.2) is 0 Å². The lowest BCUT2D eigenvalue weighted by atomic mass is 10.1. The molecule has 0 saturated heterocycles. The van der Waals surface area contributed by atoms with E-state index in [4.69, 9.17) is 5.73 Å². The Bertz CT molecular complexity index is 511. The fourth-order valence-corrected chi connectivity index (χ4v) is 1.67. The predicted molar refractivity (Wildman–Crippen MR) is 64.0 cm³/mol. The highest BCUT2D eigenvalue weighted by Gasteiger charge is 2.05. The minimum absolute atomic E-state index is 0.157. The third-order valence-electron chi connectivity index (χ3n) is 2.45. The molecule has 0 atom stereocenters. The fraction of sp³-hybridized carbons (Fsp3) is 0.273. The van der Waals surface area contributed by atoms with Crippen molar-refractivity contribution in [1.29, 1.82) is 0 Å². The highest BCUT2D eigenvalue weighted by atomic mass is 19.1. The topological polar surface area (TPSA) is 79.6 Å². The average molecular weight is 235 g/mol. The first-order chi connectivity index (χ1) is 8.06. The van der Waals surface area contributed by atoms with Crippen molar-refractivity contribution in [1.82, 2.24) is 15.2 Å². The van der Waals surface area contributed by atoms with Crippen LogP contribution in [0.5, 0.6) is 0 Å². The second-order valence-corrected chi connectivity index (χ2v) is 3.94. The molecule has 0 bridgehead atoms. The van der Waals surface area contributed by atoms with Gasteiger partial charge in [-0.15, -0.1) is 5.10 Å². The largest absolute Gasteiger partial charge is 0.368 e. The molecule has 90 valence electrons. The van der Waals surface area contributed by atoms with E-state index in [0.717, 1.165) is 5.56 Å². The van der Waals surface area contributed by atoms with E-state index in [1.54, 1.807) is 26.0 Å². The Kier molecular flexibility index (Phi) is 2.95. The first-order valence-electron chi connectivity index (χ1n) is 5.23. The minimum atomic E-state index is -0.157. The number of aromatic amines is 1. The minimum Gasteiger partial charge on any atom is -0.368 e. The van der Waals surface area contributed by atoms with Crippen molar-refractivity contribution >= 4 is 11.9 Å². The quantitative estimate of drug-likeness (QED) is 0.757. The van der Waals surface area contributed by atoms with Gasteiger partial charge in [0.05, 0.1) is 0 Å². The molecule has 5 nitrogen and oxygen atoms in total. The smallest absolute Gasteiger partial charge is 0.243 e. The van der Waals surface area contributed by atoms with Gasteiger partial charge in [0, 0.05) is 6.54 Å². The Hall–Kier alpha value is -2.11. The second-order valence-electron chi connectivity index (χ2n) is 3.94. The lowest BCUT2D eigenvalue weighted by Gasteiger charge is -2.07. The van der Waals surface area contributed by atoms with Crippen LogP contribution in [0.2, 0.25) is 0 Å². The summed E-state index contributed by atoms with van der Waals surface area (Å²) in [4.78, 5) is 3.91. The van der Waals surface area contributed by atoms with Gasteiger partial charge in [0.2, 0.25) is 11.9 Å². The van der Waals surface area contributed by atoms with Crippen LogP contribution in [-0.4, -0.2) is 15.2 Å². The summed E-state index contributed by atoms with van der Waals surface area (Å²) in [7, 11) is 0. The summed E-state index contributed by atoms with van der Waals surface area (Å²) in [6.45, 7) is 4.02. The molecule has 0 aliphatic heterocycles. The standard InChI is InChI=1S/C11H14FN5/c1-6-3-8(4-7(2)9(6)12)5-14-11-15-10(13)16-17-11/h3-4H,5H2,1-2H3,(H4,13,14,15,16,17). The molecule has 4 N–H and O–H groups in total. The molecule has 0 aliphatic rings. The molecule has 0 amide bonds. The third kappa shape index (κ3) is 2.52. The van der Waals surface area contributed by atoms with E-state index in [2.05, 4.69) is 20.5 Å². The van der Waals surface area contributed by atoms with Crippen LogP contribution in [0, 0.1) is 19.7 Å². The molecule has 0 aliphatic carbocycles. The van der Waals surface area contributed by atoms with Gasteiger partial charge in [0.1, 0.15) is 5.82 Å². The number of hydrogen-bond acceptors (Lipinski definition) is 4. The fourth-order valence-electron chi connectivity index (χ4n) is 1.67. The maximum Gasteiger partial charge on any atom is 0.243 e. The van der Waals surface area contributed by atoms with E-state index in [1.807, 2.05) is 0 Å². The van der Waals surface area contributed by atoms with Crippen LogP contribution < -0.4 is 11.1 Å². The Labute approximate surface area is 98.3 Å². The Balaban J connectivity index is 2.09. The number of hydrogen-bond donors (Lipinski definition) is 3. The summed E-state index contributed by atoms with van der Waals surface area (Å²) in [5, 5.41) is 9.38. The summed E-state index contributed by atoms with van der Waals surface area (Å²) in [6.07, 6.45) is 0. The maximum atomic E-state index is 13.4. The van der Waals surface area contributed by atoms with Crippen LogP contribution in [0.1, 0.15) is 16.7 Å². The van der Waals surface area contributed by atoms with Gasteiger partial charge >= 0.3 is 0 Å². The summed E-state index contributed by atoms with van der Waals surface area (Å²) >= 11 is 0. The normalized spacial score (nSPS) is 10.5. The molecule has 0 radical (unpaired) electrons. The zero-order valence-corrected chi connectivity index (χ0v) is 9.71. The molecule has 1 aromatic heterocycles. The number of halogens is 1. The first kappa shape index (κ1) is 11.4. The Morgan fingerprint density at radius 2 is 2.00 bits per heavy atom. The Morgan fingerprint density at radius 1 is 1.35 bits per heavy atom. The van der Waals surface area contributed by atoms with Crippen LogP contribution in [0.25, 0.3) is 0 Å². The SMILES string of the molecule is Cc1cc(CNc2n[nH]c(N)n2)cc(C)c1F. The molecule has 2 aromatic rings. The number of anilines is 2. The number of benzene rings is 1. The lowest BCUT2D eigenvalue weighted by Crippen LogP contribution is -2.03. The van der Waals surface area contributed by atoms with Gasteiger partial charge in [-0.05, 0) is 30.5 Å². The van der Waals surface area contributed by atoms with Crippen molar-refractivity contribution in [2.75, 3.05) is 11.1 Å². The molecule has 0 fully saturated rings. The van der Waals surface area contributed by atoms with Crippen LogP contribution in [0.4, 0.5) is 16.3 Å². The molecule has 1 aromatic carbocycles. The zero-order valence-electron chi connectivity index (χ0n) is 9.71. The van der Waals surface area contributed by atoms with Gasteiger partial charge in [0.25, 0.3) is 0 Å². The third-order valence-corrected chi connectivity index (χ3v) is 2.45. The number of H-pyrrole nitrogens is 1. The monoisotopic (exact) mass is 235 g/mol. The van der Waals surface area contributed by atoms with Gasteiger partial charge < -0.3 is 11.1 Å². The van der Waals surface area contributed by atoms with Crippen LogP contribution in [0.15, 0.2) is 12.1 Å². The van der Waals surface area contributed by atoms with E-state index < -0.39 is 0 Å². The van der Waals surface area contributed by atoms with Crippen LogP contribution >= 0.6 is 0 Å². The molecule has 0 spiro atoms. The summed E-state index contributed by atoms with van der Waals surface area (Å²) < 4.78 is 13.4. The van der Waals surface area contributed by atoms with E-state index >= 15 is 0 Å². The summed E-state index contributed by atoms with van der Waals surface area (Å²) in [5.74, 6) is 0.539. The van der Waals surface area contributed by atoms with E-state index in [1.165, 1.54) is 0 Å². The Morgan fingerprint density at radius 3 is 2.53 bits per heavy atom. The van der Waals surface area contributed by atoms with E-state index in [9.17, 15) is 4.39 Å². The number of aryl methyl sites for hydroxylation is 2. The van der Waals surface area contributed by atoms with Crippen LogP contribution in [0.3, 0.4) is 0 Å². The van der Waals surface area contributed by atoms with E-state index in [0.29, 0.717) is 23.6 Å². The predicted octanol–water partition coefficient (Wildman–Crippen LogP) is 1.75. The van der Waals surface area contributed by atoms with Gasteiger partial charge in [-0.1, -0.05) is 12.1 Å². The van der Waals surface area contributed by atoms with Crippen molar-refractivity contribution in [3.05, 3.63) is 34.6 Å². The van der Waals surface area contributed by atoms with Gasteiger partial charge in [-0.25, -0.2) is 9.49 Å². The van der Waals surface area contributed by atoms with Crippen molar-refractivity contribution in [3.8, 4) is 0 Å². The van der Waals surface area contributed by atoms with Crippen LogP contribution in [-0.2, 0) is 6.54 Å². The highest BCUT2D eigenvalue weighted by Crippen LogP contribution is 2.15. The molecule has 6 heteroatoms. The van der Waals surface area contributed by atoms with E-state index in [-0.39, 0.29) is 11.8 Å². The summed E-state index contributed by atoms with van der Waals surface area (Å²) in [5.41, 5.74) is 7.64. The summed E-state index contributed by atoms with van der Waals surface area (Å²) in [6, 6.07) is 3.59. The molecule has 0 saturated carbocycles. The molecule has 1 heterocycles. The molecule has 17 heavy (non-hydrogen) atoms. The van der Waals surface area contributed by atoms with Crippen molar-refractivity contribution < 1.29 is 4.39 Å². The van der Waals surface area contributed by atoms with Gasteiger partial charge in [-0.3, -0.25) is 0 Å². The number of nitrogen functional groups attached to an aromatic ring is 1.